The Morgan fingerprint density at radius 2 is 2.00 bits per heavy atom. The largest absolute Gasteiger partial charge is 0.375 e. The number of rotatable bonds is 6. The molecule has 8 nitrogen and oxygen atoms in total. The minimum atomic E-state index is -0.475. The van der Waals surface area contributed by atoms with E-state index in [0.717, 1.165) is 24.1 Å². The molecule has 29 heavy (non-hydrogen) atoms. The molecular weight excluding hydrogens is 374 g/mol. The van der Waals surface area contributed by atoms with Crippen LogP contribution in [0.1, 0.15) is 17.5 Å². The predicted octanol–water partition coefficient (Wildman–Crippen LogP) is 3.17. The maximum atomic E-state index is 12.3. The Morgan fingerprint density at radius 1 is 1.24 bits per heavy atom. The fourth-order valence-electron chi connectivity index (χ4n) is 3.18. The third kappa shape index (κ3) is 5.05. The smallest absolute Gasteiger partial charge is 0.269 e. The van der Waals surface area contributed by atoms with Crippen molar-refractivity contribution >= 4 is 35.0 Å². The second-order valence-electron chi connectivity index (χ2n) is 6.60. The molecule has 8 heteroatoms. The molecule has 0 atom stereocenters. The topological polar surface area (TPSA) is 102 Å². The van der Waals surface area contributed by atoms with Gasteiger partial charge < -0.3 is 15.0 Å². The van der Waals surface area contributed by atoms with Gasteiger partial charge in [-0.25, -0.2) is 0 Å². The van der Waals surface area contributed by atoms with Crippen LogP contribution in [0.25, 0.3) is 6.08 Å². The summed E-state index contributed by atoms with van der Waals surface area (Å²) < 4.78 is 4.95. The van der Waals surface area contributed by atoms with Crippen molar-refractivity contribution in [2.45, 2.75) is 12.8 Å². The van der Waals surface area contributed by atoms with Crippen molar-refractivity contribution in [1.29, 1.82) is 0 Å². The lowest BCUT2D eigenvalue weighted by Crippen LogP contribution is -2.37. The summed E-state index contributed by atoms with van der Waals surface area (Å²) in [5.74, 6) is -0.455. The number of non-ortho nitro benzene ring substituents is 1. The standard InChI is InChI=1S/C21H21N3O5/c1-29-14-21(26)23-12-2-3-16-7-8-17(13-19(16)23)22-20(25)11-6-15-4-9-18(10-5-15)24(27)28/h4-11,13H,2-3,12,14H2,1H3,(H,22,25)/b11-6+. The molecule has 1 heterocycles. The molecule has 1 aliphatic rings. The van der Waals surface area contributed by atoms with E-state index in [2.05, 4.69) is 5.32 Å². The average molecular weight is 395 g/mol. The highest BCUT2D eigenvalue weighted by Gasteiger charge is 2.22. The van der Waals surface area contributed by atoms with E-state index in [1.165, 1.54) is 25.3 Å². The molecule has 0 spiro atoms. The van der Waals surface area contributed by atoms with E-state index in [1.54, 1.807) is 35.2 Å². The van der Waals surface area contributed by atoms with Gasteiger partial charge in [0, 0.05) is 43.2 Å². The molecule has 2 aromatic rings. The van der Waals surface area contributed by atoms with Gasteiger partial charge in [0.15, 0.2) is 0 Å². The average Bonchev–Trinajstić information content (AvgIpc) is 2.72. The van der Waals surface area contributed by atoms with Crippen LogP contribution in [0.4, 0.5) is 17.1 Å². The van der Waals surface area contributed by atoms with Gasteiger partial charge >= 0.3 is 0 Å². The zero-order valence-corrected chi connectivity index (χ0v) is 16.0. The number of nitro benzene ring substituents is 1. The third-order valence-electron chi connectivity index (χ3n) is 4.57. The van der Waals surface area contributed by atoms with Crippen molar-refractivity contribution in [3.8, 4) is 0 Å². The molecule has 0 aromatic heterocycles. The summed E-state index contributed by atoms with van der Waals surface area (Å²) in [7, 11) is 1.48. The fourth-order valence-corrected chi connectivity index (χ4v) is 3.18. The summed E-state index contributed by atoms with van der Waals surface area (Å²) in [5, 5.41) is 13.5. The summed E-state index contributed by atoms with van der Waals surface area (Å²) in [6.45, 7) is 0.626. The van der Waals surface area contributed by atoms with Crippen LogP contribution >= 0.6 is 0 Å². The third-order valence-corrected chi connectivity index (χ3v) is 4.57. The van der Waals surface area contributed by atoms with Gasteiger partial charge in [0.05, 0.1) is 4.92 Å². The number of hydrogen-bond donors (Lipinski definition) is 1. The second kappa shape index (κ2) is 9.11. The van der Waals surface area contributed by atoms with Gasteiger partial charge in [-0.05, 0) is 54.3 Å². The van der Waals surface area contributed by atoms with Crippen LogP contribution in [0, 0.1) is 10.1 Å². The molecule has 3 rings (SSSR count). The van der Waals surface area contributed by atoms with Gasteiger partial charge in [-0.2, -0.15) is 0 Å². The summed E-state index contributed by atoms with van der Waals surface area (Å²) in [4.78, 5) is 36.4. The second-order valence-corrected chi connectivity index (χ2v) is 6.60. The fraction of sp³-hybridized carbons (Fsp3) is 0.238. The lowest BCUT2D eigenvalue weighted by Gasteiger charge is -2.29. The molecule has 0 aliphatic carbocycles. The lowest BCUT2D eigenvalue weighted by molar-refractivity contribution is -0.384. The summed E-state index contributed by atoms with van der Waals surface area (Å²) >= 11 is 0. The number of benzene rings is 2. The number of nitrogens with zero attached hydrogens (tertiary/aromatic N) is 2. The number of carbonyl (C=O) groups is 2. The van der Waals surface area contributed by atoms with Crippen LogP contribution in [-0.4, -0.2) is 37.0 Å². The first kappa shape index (κ1) is 20.2. The maximum absolute atomic E-state index is 12.3. The summed E-state index contributed by atoms with van der Waals surface area (Å²) in [5.41, 5.74) is 3.09. The molecular formula is C21H21N3O5. The van der Waals surface area contributed by atoms with Crippen LogP contribution in [0.2, 0.25) is 0 Å². The summed E-state index contributed by atoms with van der Waals surface area (Å²) in [6.07, 6.45) is 4.69. The van der Waals surface area contributed by atoms with Crippen molar-refractivity contribution in [1.82, 2.24) is 0 Å². The SMILES string of the molecule is COCC(=O)N1CCCc2ccc(NC(=O)/C=C/c3ccc([N+](=O)[O-])cc3)cc21. The Hall–Kier alpha value is -3.52. The van der Waals surface area contributed by atoms with Gasteiger partial charge in [-0.3, -0.25) is 19.7 Å². The molecule has 0 saturated carbocycles. The molecule has 0 bridgehead atoms. The first-order chi connectivity index (χ1) is 14.0. The lowest BCUT2D eigenvalue weighted by atomic mass is 10.0. The van der Waals surface area contributed by atoms with Crippen LogP contribution in [0.5, 0.6) is 0 Å². The van der Waals surface area contributed by atoms with Gasteiger partial charge in [-0.1, -0.05) is 6.07 Å². The Kier molecular flexibility index (Phi) is 6.36. The maximum Gasteiger partial charge on any atom is 0.269 e. The Morgan fingerprint density at radius 3 is 2.69 bits per heavy atom. The Bertz CT molecular complexity index is 953. The molecule has 0 radical (unpaired) electrons. The van der Waals surface area contributed by atoms with Crippen molar-refractivity contribution in [2.75, 3.05) is 30.5 Å². The predicted molar refractivity (Wildman–Crippen MR) is 110 cm³/mol. The highest BCUT2D eigenvalue weighted by Crippen LogP contribution is 2.30. The minimum Gasteiger partial charge on any atom is -0.375 e. The zero-order chi connectivity index (χ0) is 20.8. The molecule has 150 valence electrons. The number of amides is 2. The molecule has 2 amide bonds. The number of ether oxygens (including phenoxy) is 1. The molecule has 0 unspecified atom stereocenters. The van der Waals surface area contributed by atoms with Gasteiger partial charge in [-0.15, -0.1) is 0 Å². The van der Waals surface area contributed by atoms with Crippen molar-refractivity contribution < 1.29 is 19.2 Å². The zero-order valence-electron chi connectivity index (χ0n) is 16.0. The normalized spacial score (nSPS) is 13.2. The highest BCUT2D eigenvalue weighted by molar-refractivity contribution is 6.03. The molecule has 0 saturated heterocycles. The number of methoxy groups -OCH3 is 1. The Balaban J connectivity index is 1.70. The number of carbonyl (C=O) groups excluding carboxylic acids is 2. The van der Waals surface area contributed by atoms with E-state index in [9.17, 15) is 19.7 Å². The molecule has 1 aliphatic heterocycles. The van der Waals surface area contributed by atoms with Gasteiger partial charge in [0.25, 0.3) is 11.6 Å². The van der Waals surface area contributed by atoms with Crippen molar-refractivity contribution in [3.05, 3.63) is 69.8 Å². The summed E-state index contributed by atoms with van der Waals surface area (Å²) in [6, 6.07) is 11.4. The molecule has 0 fully saturated rings. The van der Waals surface area contributed by atoms with E-state index in [-0.39, 0.29) is 24.1 Å². The van der Waals surface area contributed by atoms with Crippen molar-refractivity contribution in [2.24, 2.45) is 0 Å². The first-order valence-corrected chi connectivity index (χ1v) is 9.13. The van der Waals surface area contributed by atoms with Gasteiger partial charge in [0.2, 0.25) is 5.91 Å². The van der Waals surface area contributed by atoms with Crippen LogP contribution in [-0.2, 0) is 20.7 Å². The van der Waals surface area contributed by atoms with E-state index in [0.29, 0.717) is 17.8 Å². The number of nitro groups is 1. The van der Waals surface area contributed by atoms with E-state index in [4.69, 9.17) is 4.74 Å². The minimum absolute atomic E-state index is 0.00626. The van der Waals surface area contributed by atoms with E-state index in [1.807, 2.05) is 6.07 Å². The van der Waals surface area contributed by atoms with Crippen LogP contribution < -0.4 is 10.2 Å². The quantitative estimate of drug-likeness (QED) is 0.460. The number of hydrogen-bond acceptors (Lipinski definition) is 5. The Labute approximate surface area is 167 Å². The first-order valence-electron chi connectivity index (χ1n) is 9.13. The van der Waals surface area contributed by atoms with E-state index >= 15 is 0 Å². The number of nitrogens with one attached hydrogen (secondary N) is 1. The number of fused-ring (bicyclic) bond motifs is 1. The van der Waals surface area contributed by atoms with E-state index < -0.39 is 4.92 Å². The highest BCUT2D eigenvalue weighted by atomic mass is 16.6. The number of anilines is 2. The molecule has 1 N–H and O–H groups in total. The molecule has 2 aromatic carbocycles. The number of aryl methyl sites for hydroxylation is 1. The van der Waals surface area contributed by atoms with Gasteiger partial charge in [0.1, 0.15) is 6.61 Å². The monoisotopic (exact) mass is 395 g/mol. The van der Waals surface area contributed by atoms with Crippen LogP contribution in [0.15, 0.2) is 48.5 Å². The van der Waals surface area contributed by atoms with Crippen molar-refractivity contribution in [3.63, 3.8) is 0 Å². The van der Waals surface area contributed by atoms with Crippen LogP contribution in [0.3, 0.4) is 0 Å².